The molecule has 1 aromatic rings. The summed E-state index contributed by atoms with van der Waals surface area (Å²) < 4.78 is 0. The van der Waals surface area contributed by atoms with Crippen LogP contribution >= 0.6 is 0 Å². The van der Waals surface area contributed by atoms with E-state index < -0.39 is 0 Å². The first kappa shape index (κ1) is 8.71. The van der Waals surface area contributed by atoms with Crippen molar-refractivity contribution < 1.29 is 18.9 Å². The van der Waals surface area contributed by atoms with Crippen molar-refractivity contribution in [2.45, 2.75) is 19.3 Å². The number of nitrogens with zero attached hydrogens (tertiary/aromatic N) is 1. The Bertz CT molecular complexity index is 210. The molecule has 0 atom stereocenters. The zero-order valence-corrected chi connectivity index (χ0v) is 6.88. The normalized spacial score (nSPS) is 14.2. The molecule has 0 amide bonds. The van der Waals surface area contributed by atoms with Crippen molar-refractivity contribution in [3.63, 3.8) is 0 Å². The first-order chi connectivity index (χ1) is 4.97. The van der Waals surface area contributed by atoms with Gasteiger partial charge in [-0.25, -0.2) is 6.42 Å². The molecule has 0 bridgehead atoms. The fraction of sp³-hybridized carbons (Fsp3) is 0.333. The summed E-state index contributed by atoms with van der Waals surface area (Å²) in [6.45, 7) is 0. The van der Waals surface area contributed by atoms with E-state index in [1.165, 1.54) is 30.5 Å². The molecule has 2 heteroatoms. The number of pyridine rings is 1. The molecule has 0 unspecified atom stereocenters. The van der Waals surface area contributed by atoms with Gasteiger partial charge in [-0.3, -0.25) is 4.98 Å². The summed E-state index contributed by atoms with van der Waals surface area (Å²) in [5.74, 6) is 0. The summed E-state index contributed by atoms with van der Waals surface area (Å²) >= 11 is 0. The second-order valence-corrected chi connectivity index (χ2v) is 2.64. The van der Waals surface area contributed by atoms with E-state index in [1.54, 1.807) is 0 Å². The van der Waals surface area contributed by atoms with Crippen molar-refractivity contribution in [2.75, 3.05) is 0 Å². The van der Waals surface area contributed by atoms with Crippen LogP contribution in [-0.2, 0) is 6.42 Å². The number of hydrogen-bond acceptors (Lipinski definition) is 1. The average Bonchev–Trinajstić information content (AvgIpc) is 2.05. The molecule has 2 rings (SSSR count). The molecule has 1 aliphatic carbocycles. The SMILES string of the molecule is [Li+].c1cnc2c(c1)CCC[CH-]2. The minimum atomic E-state index is 0. The van der Waals surface area contributed by atoms with Gasteiger partial charge in [-0.2, -0.15) is 5.56 Å². The van der Waals surface area contributed by atoms with Crippen molar-refractivity contribution in [1.82, 2.24) is 4.98 Å². The Labute approximate surface area is 79.4 Å². The van der Waals surface area contributed by atoms with Crippen molar-refractivity contribution in [2.24, 2.45) is 0 Å². The molecular formula is C9H10LiN. The van der Waals surface area contributed by atoms with Gasteiger partial charge >= 0.3 is 18.9 Å². The minimum absolute atomic E-state index is 0. The van der Waals surface area contributed by atoms with E-state index in [9.17, 15) is 0 Å². The number of hydrogen-bond donors (Lipinski definition) is 0. The third-order valence-electron chi connectivity index (χ3n) is 1.91. The molecule has 1 aromatic heterocycles. The molecule has 0 saturated carbocycles. The van der Waals surface area contributed by atoms with E-state index in [2.05, 4.69) is 17.5 Å². The third kappa shape index (κ3) is 1.80. The van der Waals surface area contributed by atoms with Gasteiger partial charge in [0.1, 0.15) is 0 Å². The molecule has 0 aromatic carbocycles. The topological polar surface area (TPSA) is 12.9 Å². The molecular weight excluding hydrogens is 129 g/mol. The quantitative estimate of drug-likeness (QED) is 0.331. The zero-order valence-electron chi connectivity index (χ0n) is 6.88. The molecule has 1 nitrogen and oxygen atoms in total. The Morgan fingerprint density at radius 3 is 3.18 bits per heavy atom. The van der Waals surface area contributed by atoms with Crippen LogP contribution in [0.2, 0.25) is 0 Å². The maximum Gasteiger partial charge on any atom is 1.00 e. The molecule has 1 heterocycles. The zero-order chi connectivity index (χ0) is 6.81. The van der Waals surface area contributed by atoms with Crippen molar-refractivity contribution in [3.8, 4) is 0 Å². The van der Waals surface area contributed by atoms with Gasteiger partial charge in [0.25, 0.3) is 0 Å². The van der Waals surface area contributed by atoms with Crippen molar-refractivity contribution in [1.29, 1.82) is 0 Å². The van der Waals surface area contributed by atoms with E-state index >= 15 is 0 Å². The van der Waals surface area contributed by atoms with Crippen LogP contribution in [0.4, 0.5) is 0 Å². The summed E-state index contributed by atoms with van der Waals surface area (Å²) in [6.07, 6.45) is 7.78. The van der Waals surface area contributed by atoms with Crippen LogP contribution in [0.25, 0.3) is 0 Å². The predicted octanol–water partition coefficient (Wildman–Crippen LogP) is -1.03. The largest absolute Gasteiger partial charge is 1.00 e. The van der Waals surface area contributed by atoms with Gasteiger partial charge in [-0.1, -0.05) is 24.6 Å². The van der Waals surface area contributed by atoms with Crippen LogP contribution < -0.4 is 18.9 Å². The standard InChI is InChI=1S/C9H10N.Li/c1-2-6-9-8(4-1)5-3-7-10-9;/h3,5-7H,1-2,4H2;/q-1;+1. The van der Waals surface area contributed by atoms with Gasteiger partial charge < -0.3 is 0 Å². The Hall–Kier alpha value is -0.383. The summed E-state index contributed by atoms with van der Waals surface area (Å²) in [5, 5.41) is 0. The van der Waals surface area contributed by atoms with Gasteiger partial charge in [0.15, 0.2) is 0 Å². The smallest absolute Gasteiger partial charge is 0.295 e. The first-order valence-electron chi connectivity index (χ1n) is 3.74. The van der Waals surface area contributed by atoms with Gasteiger partial charge in [-0.15, -0.1) is 12.5 Å². The molecule has 0 aliphatic heterocycles. The monoisotopic (exact) mass is 139 g/mol. The summed E-state index contributed by atoms with van der Waals surface area (Å²) in [6, 6.07) is 4.18. The second-order valence-electron chi connectivity index (χ2n) is 2.64. The fourth-order valence-corrected chi connectivity index (χ4v) is 1.38. The molecule has 0 saturated heterocycles. The van der Waals surface area contributed by atoms with Crippen molar-refractivity contribution in [3.05, 3.63) is 36.0 Å². The average molecular weight is 139 g/mol. The number of aromatic nitrogens is 1. The summed E-state index contributed by atoms with van der Waals surface area (Å²) in [5.41, 5.74) is 2.61. The summed E-state index contributed by atoms with van der Waals surface area (Å²) in [7, 11) is 0. The molecule has 0 N–H and O–H groups in total. The number of rotatable bonds is 0. The van der Waals surface area contributed by atoms with Crippen LogP contribution in [0.3, 0.4) is 0 Å². The Morgan fingerprint density at radius 1 is 1.45 bits per heavy atom. The van der Waals surface area contributed by atoms with Crippen LogP contribution in [0.5, 0.6) is 0 Å². The third-order valence-corrected chi connectivity index (χ3v) is 1.91. The van der Waals surface area contributed by atoms with Gasteiger partial charge in [0.2, 0.25) is 0 Å². The van der Waals surface area contributed by atoms with E-state index in [0.29, 0.717) is 0 Å². The fourth-order valence-electron chi connectivity index (χ4n) is 1.38. The van der Waals surface area contributed by atoms with Gasteiger partial charge in [0, 0.05) is 6.20 Å². The molecule has 52 valence electrons. The molecule has 0 radical (unpaired) electrons. The minimum Gasteiger partial charge on any atom is -0.295 e. The van der Waals surface area contributed by atoms with Crippen LogP contribution in [-0.4, -0.2) is 4.98 Å². The molecule has 11 heavy (non-hydrogen) atoms. The van der Waals surface area contributed by atoms with E-state index in [1.807, 2.05) is 12.3 Å². The first-order valence-corrected chi connectivity index (χ1v) is 3.74. The van der Waals surface area contributed by atoms with Crippen LogP contribution in [0, 0.1) is 6.42 Å². The molecule has 1 aliphatic rings. The summed E-state index contributed by atoms with van der Waals surface area (Å²) in [4.78, 5) is 4.26. The van der Waals surface area contributed by atoms with Crippen molar-refractivity contribution >= 4 is 0 Å². The number of fused-ring (bicyclic) bond motifs is 1. The van der Waals surface area contributed by atoms with Crippen LogP contribution in [0.15, 0.2) is 18.3 Å². The second kappa shape index (κ2) is 3.85. The van der Waals surface area contributed by atoms with Gasteiger partial charge in [-0.05, 0) is 0 Å². The molecule has 0 fully saturated rings. The van der Waals surface area contributed by atoms with E-state index in [4.69, 9.17) is 0 Å². The van der Waals surface area contributed by atoms with Crippen LogP contribution in [0.1, 0.15) is 24.1 Å². The Morgan fingerprint density at radius 2 is 2.36 bits per heavy atom. The maximum absolute atomic E-state index is 4.26. The van der Waals surface area contributed by atoms with E-state index in [0.717, 1.165) is 0 Å². The van der Waals surface area contributed by atoms with E-state index in [-0.39, 0.29) is 18.9 Å². The number of aryl methyl sites for hydroxylation is 1. The Kier molecular flexibility index (Phi) is 3.05. The Balaban J connectivity index is 0.000000605. The predicted molar refractivity (Wildman–Crippen MR) is 40.6 cm³/mol. The van der Waals surface area contributed by atoms with Gasteiger partial charge in [0.05, 0.1) is 0 Å². The molecule has 0 spiro atoms. The maximum atomic E-state index is 4.26.